The lowest BCUT2D eigenvalue weighted by molar-refractivity contribution is 0.0926. The van der Waals surface area contributed by atoms with E-state index in [1.54, 1.807) is 19.4 Å². The predicted octanol–water partition coefficient (Wildman–Crippen LogP) is 4.04. The highest BCUT2D eigenvalue weighted by Crippen LogP contribution is 2.30. The summed E-state index contributed by atoms with van der Waals surface area (Å²) in [5, 5.41) is 11.9. The van der Waals surface area contributed by atoms with Crippen molar-refractivity contribution >= 4 is 11.7 Å². The third-order valence-electron chi connectivity index (χ3n) is 6.83. The lowest BCUT2D eigenvalue weighted by Gasteiger charge is -2.33. The number of amides is 1. The van der Waals surface area contributed by atoms with Gasteiger partial charge in [0.2, 0.25) is 5.88 Å². The number of fused-ring (bicyclic) bond motifs is 1. The fourth-order valence-corrected chi connectivity index (χ4v) is 4.97. The largest absolute Gasteiger partial charge is 0.489 e. The van der Waals surface area contributed by atoms with Gasteiger partial charge in [0.25, 0.3) is 5.91 Å². The number of benzene rings is 1. The first-order valence-electron chi connectivity index (χ1n) is 12.3. The minimum Gasteiger partial charge on any atom is -0.489 e. The second-order valence-corrected chi connectivity index (χ2v) is 9.19. The van der Waals surface area contributed by atoms with E-state index in [1.807, 2.05) is 25.1 Å². The van der Waals surface area contributed by atoms with Crippen molar-refractivity contribution in [2.24, 2.45) is 0 Å². The number of rotatable bonds is 6. The Morgan fingerprint density at radius 3 is 2.66 bits per heavy atom. The molecule has 1 aromatic carbocycles. The first-order valence-corrected chi connectivity index (χ1v) is 12.3. The monoisotopic (exact) mass is 473 g/mol. The minimum absolute atomic E-state index is 0.0224. The third kappa shape index (κ3) is 5.21. The zero-order valence-electron chi connectivity index (χ0n) is 20.2. The number of nitrogens with zero attached hydrogens (tertiary/aromatic N) is 4. The standard InChI is InChI=1S/C27H31N5O3/c1-18-16-24(27(33)29-23-9-5-7-19-6-3-4-8-22(19)23)30-31-26(18)32-14-12-20(13-15-32)35-21-10-11-25(34-2)28-17-21/h3-4,6,8,10-11,16-17,20,23H,5,7,9,12-15H2,1-2H3,(H,29,33)/t23-/m1/s1. The summed E-state index contributed by atoms with van der Waals surface area (Å²) in [6.07, 6.45) is 6.63. The van der Waals surface area contributed by atoms with Gasteiger partial charge in [-0.3, -0.25) is 4.79 Å². The highest BCUT2D eigenvalue weighted by atomic mass is 16.5. The van der Waals surface area contributed by atoms with Gasteiger partial charge in [0.15, 0.2) is 11.5 Å². The molecule has 1 aliphatic heterocycles. The number of hydrogen-bond acceptors (Lipinski definition) is 7. The molecule has 5 rings (SSSR count). The van der Waals surface area contributed by atoms with Crippen molar-refractivity contribution in [2.75, 3.05) is 25.1 Å². The van der Waals surface area contributed by atoms with E-state index >= 15 is 0 Å². The predicted molar refractivity (Wildman–Crippen MR) is 133 cm³/mol. The van der Waals surface area contributed by atoms with Crippen LogP contribution in [0.15, 0.2) is 48.7 Å². The Kier molecular flexibility index (Phi) is 6.79. The summed E-state index contributed by atoms with van der Waals surface area (Å²) in [4.78, 5) is 19.4. The molecule has 1 amide bonds. The van der Waals surface area contributed by atoms with Gasteiger partial charge in [-0.2, -0.15) is 0 Å². The fraction of sp³-hybridized carbons (Fsp3) is 0.407. The Labute approximate surface area is 205 Å². The molecule has 1 aliphatic carbocycles. The lowest BCUT2D eigenvalue weighted by atomic mass is 9.87. The molecular weight excluding hydrogens is 442 g/mol. The zero-order chi connectivity index (χ0) is 24.2. The number of methoxy groups -OCH3 is 1. The highest BCUT2D eigenvalue weighted by molar-refractivity contribution is 5.92. The first kappa shape index (κ1) is 23.1. The molecule has 0 spiro atoms. The Morgan fingerprint density at radius 1 is 1.09 bits per heavy atom. The minimum atomic E-state index is -0.172. The smallest absolute Gasteiger partial charge is 0.272 e. The molecule has 0 bridgehead atoms. The van der Waals surface area contributed by atoms with Gasteiger partial charge >= 0.3 is 0 Å². The molecule has 182 valence electrons. The van der Waals surface area contributed by atoms with E-state index in [9.17, 15) is 4.79 Å². The Bertz CT molecular complexity index is 1180. The highest BCUT2D eigenvalue weighted by Gasteiger charge is 2.25. The quantitative estimate of drug-likeness (QED) is 0.578. The Morgan fingerprint density at radius 2 is 1.91 bits per heavy atom. The molecule has 0 radical (unpaired) electrons. The molecule has 1 fully saturated rings. The summed E-state index contributed by atoms with van der Waals surface area (Å²) in [6.45, 7) is 3.62. The van der Waals surface area contributed by atoms with Crippen molar-refractivity contribution in [3.05, 3.63) is 71.0 Å². The van der Waals surface area contributed by atoms with Crippen LogP contribution in [0.3, 0.4) is 0 Å². The van der Waals surface area contributed by atoms with E-state index in [-0.39, 0.29) is 18.1 Å². The molecule has 1 atom stereocenters. The van der Waals surface area contributed by atoms with Gasteiger partial charge in [0.05, 0.1) is 19.3 Å². The van der Waals surface area contributed by atoms with Crippen molar-refractivity contribution in [2.45, 2.75) is 51.2 Å². The van der Waals surface area contributed by atoms with Crippen molar-refractivity contribution in [3.8, 4) is 11.6 Å². The summed E-state index contributed by atoms with van der Waals surface area (Å²) in [5.74, 6) is 1.97. The number of nitrogens with one attached hydrogen (secondary N) is 1. The summed E-state index contributed by atoms with van der Waals surface area (Å²) in [7, 11) is 1.60. The molecule has 0 saturated carbocycles. The van der Waals surface area contributed by atoms with E-state index in [1.165, 1.54) is 11.1 Å². The number of piperidine rings is 1. The number of carbonyl (C=O) groups excluding carboxylic acids is 1. The van der Waals surface area contributed by atoms with Crippen LogP contribution in [0.25, 0.3) is 0 Å². The number of hydrogen-bond donors (Lipinski definition) is 1. The zero-order valence-corrected chi connectivity index (χ0v) is 20.2. The van der Waals surface area contributed by atoms with Crippen LogP contribution in [0.1, 0.15) is 58.9 Å². The van der Waals surface area contributed by atoms with Crippen LogP contribution in [-0.2, 0) is 6.42 Å². The second-order valence-electron chi connectivity index (χ2n) is 9.19. The fourth-order valence-electron chi connectivity index (χ4n) is 4.97. The molecule has 3 aromatic rings. The maximum atomic E-state index is 13.0. The van der Waals surface area contributed by atoms with Crippen LogP contribution in [0.5, 0.6) is 11.6 Å². The van der Waals surface area contributed by atoms with Gasteiger partial charge in [0.1, 0.15) is 11.9 Å². The van der Waals surface area contributed by atoms with Crippen LogP contribution in [0.4, 0.5) is 5.82 Å². The van der Waals surface area contributed by atoms with Gasteiger partial charge in [-0.05, 0) is 55.0 Å². The molecule has 35 heavy (non-hydrogen) atoms. The number of aryl methyl sites for hydroxylation is 2. The summed E-state index contributed by atoms with van der Waals surface area (Å²) >= 11 is 0. The molecule has 8 nitrogen and oxygen atoms in total. The third-order valence-corrected chi connectivity index (χ3v) is 6.83. The summed E-state index contributed by atoms with van der Waals surface area (Å²) < 4.78 is 11.2. The molecule has 8 heteroatoms. The second kappa shape index (κ2) is 10.3. The van der Waals surface area contributed by atoms with Crippen molar-refractivity contribution in [1.82, 2.24) is 20.5 Å². The number of aromatic nitrogens is 3. The van der Waals surface area contributed by atoms with E-state index in [0.29, 0.717) is 11.6 Å². The molecule has 1 N–H and O–H groups in total. The average molecular weight is 474 g/mol. The van der Waals surface area contributed by atoms with Gasteiger partial charge in [-0.15, -0.1) is 10.2 Å². The van der Waals surface area contributed by atoms with Gasteiger partial charge in [-0.25, -0.2) is 4.98 Å². The molecule has 1 saturated heterocycles. The molecular formula is C27H31N5O3. The van der Waals surface area contributed by atoms with Crippen molar-refractivity contribution in [3.63, 3.8) is 0 Å². The summed E-state index contributed by atoms with van der Waals surface area (Å²) in [6, 6.07) is 13.9. The molecule has 2 aromatic heterocycles. The van der Waals surface area contributed by atoms with Crippen LogP contribution in [-0.4, -0.2) is 47.4 Å². The topological polar surface area (TPSA) is 89.5 Å². The van der Waals surface area contributed by atoms with Gasteiger partial charge < -0.3 is 19.7 Å². The van der Waals surface area contributed by atoms with E-state index in [4.69, 9.17) is 9.47 Å². The lowest BCUT2D eigenvalue weighted by Crippen LogP contribution is -2.39. The molecule has 2 aliphatic rings. The number of pyridine rings is 1. The van der Waals surface area contributed by atoms with Crippen LogP contribution < -0.4 is 19.7 Å². The van der Waals surface area contributed by atoms with Crippen LogP contribution in [0, 0.1) is 6.92 Å². The maximum Gasteiger partial charge on any atom is 0.272 e. The Hall–Kier alpha value is -3.68. The Balaban J connectivity index is 1.18. The summed E-state index contributed by atoms with van der Waals surface area (Å²) in [5.41, 5.74) is 3.84. The normalized spacial score (nSPS) is 18.0. The van der Waals surface area contributed by atoms with Crippen molar-refractivity contribution < 1.29 is 14.3 Å². The van der Waals surface area contributed by atoms with E-state index < -0.39 is 0 Å². The van der Waals surface area contributed by atoms with Crippen LogP contribution in [0.2, 0.25) is 0 Å². The number of carbonyl (C=O) groups is 1. The van der Waals surface area contributed by atoms with Gasteiger partial charge in [0, 0.05) is 32.0 Å². The van der Waals surface area contributed by atoms with E-state index in [0.717, 1.165) is 62.3 Å². The van der Waals surface area contributed by atoms with Crippen molar-refractivity contribution in [1.29, 1.82) is 0 Å². The first-order chi connectivity index (χ1) is 17.1. The average Bonchev–Trinajstić information content (AvgIpc) is 2.90. The maximum absolute atomic E-state index is 13.0. The SMILES string of the molecule is COc1ccc(OC2CCN(c3nnc(C(=O)N[C@@H]4CCCc5ccccc54)cc3C)CC2)cn1. The molecule has 3 heterocycles. The van der Waals surface area contributed by atoms with Crippen LogP contribution >= 0.6 is 0 Å². The molecule has 0 unspecified atom stereocenters. The van der Waals surface area contributed by atoms with Gasteiger partial charge in [-0.1, -0.05) is 24.3 Å². The van der Waals surface area contributed by atoms with E-state index in [2.05, 4.69) is 43.6 Å². The number of ether oxygens (including phenoxy) is 2. The number of anilines is 1.